The molecule has 2 heteroatoms. The van der Waals surface area contributed by atoms with Crippen molar-refractivity contribution in [3.63, 3.8) is 0 Å². The molecule has 0 aromatic heterocycles. The summed E-state index contributed by atoms with van der Waals surface area (Å²) >= 11 is 0. The van der Waals surface area contributed by atoms with E-state index in [0.717, 1.165) is 12.1 Å². The fourth-order valence-electron chi connectivity index (χ4n) is 5.21. The summed E-state index contributed by atoms with van der Waals surface area (Å²) in [5.74, 6) is 0. The lowest BCUT2D eigenvalue weighted by Gasteiger charge is -2.54. The molecule has 1 saturated heterocycles. The van der Waals surface area contributed by atoms with Gasteiger partial charge in [-0.15, -0.1) is 0 Å². The molecule has 0 aromatic carbocycles. The smallest absolute Gasteiger partial charge is 0.0309 e. The van der Waals surface area contributed by atoms with Crippen LogP contribution in [0.3, 0.4) is 0 Å². The van der Waals surface area contributed by atoms with Gasteiger partial charge in [0.2, 0.25) is 0 Å². The molecule has 0 amide bonds. The van der Waals surface area contributed by atoms with Crippen molar-refractivity contribution in [2.45, 2.75) is 96.2 Å². The topological polar surface area (TPSA) is 15.3 Å². The quantitative estimate of drug-likeness (QED) is 0.822. The van der Waals surface area contributed by atoms with Crippen LogP contribution in [0.4, 0.5) is 0 Å². The molecule has 2 atom stereocenters. The summed E-state index contributed by atoms with van der Waals surface area (Å²) in [6.07, 6.45) is 12.7. The second-order valence-corrected chi connectivity index (χ2v) is 8.35. The third-order valence-corrected chi connectivity index (χ3v) is 6.55. The van der Waals surface area contributed by atoms with Gasteiger partial charge in [-0.25, -0.2) is 0 Å². The van der Waals surface area contributed by atoms with Gasteiger partial charge in [-0.2, -0.15) is 0 Å². The van der Waals surface area contributed by atoms with Crippen LogP contribution < -0.4 is 5.32 Å². The van der Waals surface area contributed by atoms with E-state index in [0.29, 0.717) is 11.0 Å². The fourth-order valence-corrected chi connectivity index (χ4v) is 5.21. The lowest BCUT2D eigenvalue weighted by atomic mass is 9.71. The Kier molecular flexibility index (Phi) is 4.16. The van der Waals surface area contributed by atoms with E-state index < -0.39 is 0 Å². The standard InChI is InChI=1S/C18H34N2/c1-4-15-13-19-18(11-7-8-12-18)14-20(15)16-9-5-6-10-17(16,2)3/h15-16,19H,4-14H2,1-3H3. The van der Waals surface area contributed by atoms with Crippen LogP contribution in [-0.2, 0) is 0 Å². The van der Waals surface area contributed by atoms with Gasteiger partial charge in [0, 0.05) is 30.7 Å². The summed E-state index contributed by atoms with van der Waals surface area (Å²) in [5.41, 5.74) is 0.988. The van der Waals surface area contributed by atoms with Gasteiger partial charge in [0.25, 0.3) is 0 Å². The van der Waals surface area contributed by atoms with Gasteiger partial charge in [0.1, 0.15) is 0 Å². The molecule has 1 N–H and O–H groups in total. The van der Waals surface area contributed by atoms with E-state index in [1.165, 1.54) is 70.9 Å². The number of nitrogens with zero attached hydrogens (tertiary/aromatic N) is 1. The highest BCUT2D eigenvalue weighted by molar-refractivity contribution is 5.04. The summed E-state index contributed by atoms with van der Waals surface area (Å²) < 4.78 is 0. The monoisotopic (exact) mass is 278 g/mol. The molecular formula is C18H34N2. The van der Waals surface area contributed by atoms with Gasteiger partial charge >= 0.3 is 0 Å². The van der Waals surface area contributed by atoms with E-state index in [9.17, 15) is 0 Å². The van der Waals surface area contributed by atoms with Crippen molar-refractivity contribution in [3.8, 4) is 0 Å². The Morgan fingerprint density at radius 3 is 2.40 bits per heavy atom. The highest BCUT2D eigenvalue weighted by atomic mass is 15.3. The zero-order valence-corrected chi connectivity index (χ0v) is 13.9. The number of hydrogen-bond acceptors (Lipinski definition) is 2. The first-order valence-corrected chi connectivity index (χ1v) is 9.07. The van der Waals surface area contributed by atoms with Gasteiger partial charge in [0.05, 0.1) is 0 Å². The summed E-state index contributed by atoms with van der Waals surface area (Å²) in [6, 6.07) is 1.59. The molecule has 2 saturated carbocycles. The molecule has 0 radical (unpaired) electrons. The molecule has 3 aliphatic rings. The van der Waals surface area contributed by atoms with Crippen LogP contribution in [0.15, 0.2) is 0 Å². The van der Waals surface area contributed by atoms with E-state index >= 15 is 0 Å². The first-order chi connectivity index (χ1) is 9.56. The van der Waals surface area contributed by atoms with Gasteiger partial charge in [-0.05, 0) is 37.5 Å². The molecule has 2 unspecified atom stereocenters. The molecular weight excluding hydrogens is 244 g/mol. The molecule has 3 rings (SSSR count). The highest BCUT2D eigenvalue weighted by Gasteiger charge is 2.46. The second-order valence-electron chi connectivity index (χ2n) is 8.35. The van der Waals surface area contributed by atoms with Crippen LogP contribution in [0.5, 0.6) is 0 Å². The lowest BCUT2D eigenvalue weighted by Crippen LogP contribution is -2.67. The zero-order valence-electron chi connectivity index (χ0n) is 13.9. The predicted octanol–water partition coefficient (Wildman–Crippen LogP) is 3.95. The van der Waals surface area contributed by atoms with Crippen molar-refractivity contribution < 1.29 is 0 Å². The van der Waals surface area contributed by atoms with Crippen LogP contribution in [0.2, 0.25) is 0 Å². The van der Waals surface area contributed by atoms with Crippen LogP contribution in [0, 0.1) is 5.41 Å². The van der Waals surface area contributed by atoms with Gasteiger partial charge < -0.3 is 5.32 Å². The number of hydrogen-bond donors (Lipinski definition) is 1. The molecule has 1 heterocycles. The Morgan fingerprint density at radius 1 is 1.05 bits per heavy atom. The Hall–Kier alpha value is -0.0800. The Morgan fingerprint density at radius 2 is 1.75 bits per heavy atom. The summed E-state index contributed by atoms with van der Waals surface area (Å²) in [7, 11) is 0. The Balaban J connectivity index is 1.79. The molecule has 20 heavy (non-hydrogen) atoms. The third-order valence-electron chi connectivity index (χ3n) is 6.55. The SMILES string of the molecule is CCC1CNC2(CCCC2)CN1C1CCCCC1(C)C. The van der Waals surface area contributed by atoms with Crippen molar-refractivity contribution in [2.75, 3.05) is 13.1 Å². The molecule has 3 fully saturated rings. The molecule has 116 valence electrons. The minimum absolute atomic E-state index is 0.471. The van der Waals surface area contributed by atoms with Crippen LogP contribution in [-0.4, -0.2) is 35.6 Å². The molecule has 0 bridgehead atoms. The van der Waals surface area contributed by atoms with E-state index in [2.05, 4.69) is 31.0 Å². The molecule has 2 aliphatic carbocycles. The van der Waals surface area contributed by atoms with Gasteiger partial charge in [-0.3, -0.25) is 4.90 Å². The van der Waals surface area contributed by atoms with Crippen LogP contribution >= 0.6 is 0 Å². The van der Waals surface area contributed by atoms with Crippen molar-refractivity contribution in [1.29, 1.82) is 0 Å². The molecule has 1 aliphatic heterocycles. The van der Waals surface area contributed by atoms with Crippen molar-refractivity contribution in [2.24, 2.45) is 5.41 Å². The third kappa shape index (κ3) is 2.66. The zero-order chi connectivity index (χ0) is 14.2. The number of rotatable bonds is 2. The second kappa shape index (κ2) is 5.61. The minimum Gasteiger partial charge on any atom is -0.308 e. The fraction of sp³-hybridized carbons (Fsp3) is 1.00. The molecule has 1 spiro atoms. The van der Waals surface area contributed by atoms with Crippen molar-refractivity contribution >= 4 is 0 Å². The van der Waals surface area contributed by atoms with Gasteiger partial charge in [-0.1, -0.05) is 46.5 Å². The maximum Gasteiger partial charge on any atom is 0.0309 e. The van der Waals surface area contributed by atoms with Crippen LogP contribution in [0.1, 0.15) is 78.6 Å². The average molecular weight is 278 g/mol. The predicted molar refractivity (Wildman–Crippen MR) is 86.0 cm³/mol. The van der Waals surface area contributed by atoms with E-state index in [1.54, 1.807) is 0 Å². The lowest BCUT2D eigenvalue weighted by molar-refractivity contribution is -0.0264. The first kappa shape index (κ1) is 14.8. The number of piperazine rings is 1. The largest absolute Gasteiger partial charge is 0.308 e. The maximum atomic E-state index is 3.95. The van der Waals surface area contributed by atoms with E-state index in [-0.39, 0.29) is 0 Å². The minimum atomic E-state index is 0.471. The Bertz CT molecular complexity index is 330. The van der Waals surface area contributed by atoms with Crippen molar-refractivity contribution in [1.82, 2.24) is 10.2 Å². The van der Waals surface area contributed by atoms with Crippen LogP contribution in [0.25, 0.3) is 0 Å². The average Bonchev–Trinajstić information content (AvgIpc) is 2.86. The first-order valence-electron chi connectivity index (χ1n) is 9.07. The number of nitrogens with one attached hydrogen (secondary N) is 1. The molecule has 2 nitrogen and oxygen atoms in total. The molecule has 0 aromatic rings. The van der Waals surface area contributed by atoms with Gasteiger partial charge in [0.15, 0.2) is 0 Å². The Labute approximate surface area is 125 Å². The normalized spacial score (nSPS) is 37.4. The van der Waals surface area contributed by atoms with E-state index in [4.69, 9.17) is 0 Å². The van der Waals surface area contributed by atoms with Crippen molar-refractivity contribution in [3.05, 3.63) is 0 Å². The van der Waals surface area contributed by atoms with E-state index in [1.807, 2.05) is 0 Å². The summed E-state index contributed by atoms with van der Waals surface area (Å²) in [6.45, 7) is 9.96. The summed E-state index contributed by atoms with van der Waals surface area (Å²) in [5, 5.41) is 3.95. The highest BCUT2D eigenvalue weighted by Crippen LogP contribution is 2.42. The summed E-state index contributed by atoms with van der Waals surface area (Å²) in [4.78, 5) is 2.95. The maximum absolute atomic E-state index is 3.95.